The Morgan fingerprint density at radius 2 is 1.90 bits per heavy atom. The number of nitrogens with zero attached hydrogens (tertiary/aromatic N) is 2. The Bertz CT molecular complexity index is 957. The van der Waals surface area contributed by atoms with Crippen LogP contribution in [0.15, 0.2) is 66.1 Å². The highest BCUT2D eigenvalue weighted by molar-refractivity contribution is 7.99. The number of fused-ring (bicyclic) bond motifs is 1. The second-order valence-electron chi connectivity index (χ2n) is 7.25. The first-order valence-electron chi connectivity index (χ1n) is 9.86. The van der Waals surface area contributed by atoms with Crippen molar-refractivity contribution in [2.24, 2.45) is 0 Å². The Hall–Kier alpha value is -1.96. The van der Waals surface area contributed by atoms with Gasteiger partial charge in [-0.3, -0.25) is 0 Å². The summed E-state index contributed by atoms with van der Waals surface area (Å²) >= 11 is 1.95. The van der Waals surface area contributed by atoms with Crippen LogP contribution in [0.4, 0.5) is 5.69 Å². The Morgan fingerprint density at radius 1 is 1.14 bits per heavy atom. The van der Waals surface area contributed by atoms with E-state index in [1.807, 2.05) is 54.2 Å². The van der Waals surface area contributed by atoms with Gasteiger partial charge in [0.15, 0.2) is 0 Å². The number of ether oxygens (including phenoxy) is 1. The largest absolute Gasteiger partial charge is 0.490 e. The zero-order chi connectivity index (χ0) is 20.3. The zero-order valence-corrected chi connectivity index (χ0v) is 18.0. The van der Waals surface area contributed by atoms with Crippen molar-refractivity contribution in [1.29, 1.82) is 0 Å². The van der Waals surface area contributed by atoms with Crippen LogP contribution in [-0.2, 0) is 16.4 Å². The fourth-order valence-electron chi connectivity index (χ4n) is 3.85. The fraction of sp³-hybridized carbons (Fsp3) is 0.364. The molecule has 1 fully saturated rings. The van der Waals surface area contributed by atoms with Gasteiger partial charge in [0.2, 0.25) is 10.0 Å². The normalized spacial score (nSPS) is 21.7. The molecule has 2 heterocycles. The molecule has 2 aromatic rings. The first-order valence-corrected chi connectivity index (χ1v) is 12.5. The molecule has 2 aromatic carbocycles. The van der Waals surface area contributed by atoms with Crippen molar-refractivity contribution < 1.29 is 13.2 Å². The molecule has 0 unspecified atom stereocenters. The van der Waals surface area contributed by atoms with Crippen LogP contribution in [-0.4, -0.2) is 56.5 Å². The van der Waals surface area contributed by atoms with Gasteiger partial charge in [0.25, 0.3) is 0 Å². The lowest BCUT2D eigenvalue weighted by molar-refractivity contribution is 0.219. The van der Waals surface area contributed by atoms with Crippen LogP contribution in [0, 0.1) is 0 Å². The molecular weight excluding hydrogens is 404 g/mol. The van der Waals surface area contributed by atoms with Gasteiger partial charge in [-0.25, -0.2) is 8.42 Å². The summed E-state index contributed by atoms with van der Waals surface area (Å²) in [5.74, 6) is 2.62. The maximum atomic E-state index is 13.5. The Balaban J connectivity index is 1.67. The molecule has 0 bridgehead atoms. The summed E-state index contributed by atoms with van der Waals surface area (Å²) in [5, 5.41) is 0. The lowest BCUT2D eigenvalue weighted by Crippen LogP contribution is -2.43. The molecular formula is C22H26N2O3S2. The minimum atomic E-state index is -3.68. The molecule has 0 aliphatic carbocycles. The molecule has 1 atom stereocenters. The van der Waals surface area contributed by atoms with Crippen molar-refractivity contribution >= 4 is 27.5 Å². The predicted molar refractivity (Wildman–Crippen MR) is 119 cm³/mol. The highest BCUT2D eigenvalue weighted by Crippen LogP contribution is 2.35. The number of hydrogen-bond donors (Lipinski definition) is 0. The molecule has 5 nitrogen and oxygen atoms in total. The molecule has 154 valence electrons. The van der Waals surface area contributed by atoms with Crippen LogP contribution < -0.4 is 9.64 Å². The first-order chi connectivity index (χ1) is 14.1. The standard InChI is InChI=1S/C22H26N2O3S2/c1-2-10-24-20(15-18-6-4-3-5-7-18)17-27-21-16-19(23-11-13-28-14-12-23)8-9-22(21)29(24,25)26/h2-9,16,20H,1,10-15,17H2/t20-/m1/s1. The van der Waals surface area contributed by atoms with E-state index < -0.39 is 10.0 Å². The molecule has 0 amide bonds. The Morgan fingerprint density at radius 3 is 2.62 bits per heavy atom. The van der Waals surface area contributed by atoms with Gasteiger partial charge in [0.05, 0.1) is 6.04 Å². The van der Waals surface area contributed by atoms with Crippen molar-refractivity contribution in [1.82, 2.24) is 4.31 Å². The molecule has 4 rings (SSSR count). The number of rotatable bonds is 5. The van der Waals surface area contributed by atoms with Crippen molar-refractivity contribution in [3.8, 4) is 5.75 Å². The van der Waals surface area contributed by atoms with Crippen molar-refractivity contribution in [2.45, 2.75) is 17.4 Å². The molecule has 0 spiro atoms. The van der Waals surface area contributed by atoms with E-state index in [1.54, 1.807) is 12.1 Å². The lowest BCUT2D eigenvalue weighted by atomic mass is 10.1. The van der Waals surface area contributed by atoms with Crippen molar-refractivity contribution in [3.63, 3.8) is 0 Å². The van der Waals surface area contributed by atoms with E-state index in [-0.39, 0.29) is 17.5 Å². The van der Waals surface area contributed by atoms with Crippen LogP contribution in [0.3, 0.4) is 0 Å². The summed E-state index contributed by atoms with van der Waals surface area (Å²) in [5.41, 5.74) is 2.11. The SMILES string of the molecule is C=CCN1[C@H](Cc2ccccc2)COc2cc(N3CCSCC3)ccc2S1(=O)=O. The van der Waals surface area contributed by atoms with Crippen LogP contribution >= 0.6 is 11.8 Å². The molecule has 29 heavy (non-hydrogen) atoms. The van der Waals surface area contributed by atoms with Crippen LogP contribution in [0.5, 0.6) is 5.75 Å². The van der Waals surface area contributed by atoms with Gasteiger partial charge >= 0.3 is 0 Å². The zero-order valence-electron chi connectivity index (χ0n) is 16.4. The predicted octanol–water partition coefficient (Wildman–Crippen LogP) is 3.42. The van der Waals surface area contributed by atoms with Crippen molar-refractivity contribution in [3.05, 3.63) is 66.7 Å². The van der Waals surface area contributed by atoms with E-state index in [9.17, 15) is 8.42 Å². The first kappa shape index (κ1) is 20.3. The van der Waals surface area contributed by atoms with Gasteiger partial charge in [-0.1, -0.05) is 36.4 Å². The van der Waals surface area contributed by atoms with Crippen LogP contribution in [0.2, 0.25) is 0 Å². The summed E-state index contributed by atoms with van der Waals surface area (Å²) < 4.78 is 34.6. The third-order valence-electron chi connectivity index (χ3n) is 5.35. The summed E-state index contributed by atoms with van der Waals surface area (Å²) in [6.45, 7) is 6.27. The number of anilines is 1. The van der Waals surface area contributed by atoms with E-state index in [1.165, 1.54) is 4.31 Å². The Kier molecular flexibility index (Phi) is 6.18. The van der Waals surface area contributed by atoms with Gasteiger partial charge < -0.3 is 9.64 Å². The number of thioether (sulfide) groups is 1. The second-order valence-corrected chi connectivity index (χ2v) is 10.3. The van der Waals surface area contributed by atoms with Crippen molar-refractivity contribution in [2.75, 3.05) is 42.6 Å². The maximum absolute atomic E-state index is 13.5. The topological polar surface area (TPSA) is 49.9 Å². The van der Waals surface area contributed by atoms with E-state index in [0.717, 1.165) is 35.8 Å². The fourth-order valence-corrected chi connectivity index (χ4v) is 6.45. The van der Waals surface area contributed by atoms with E-state index >= 15 is 0 Å². The summed E-state index contributed by atoms with van der Waals surface area (Å²) in [7, 11) is -3.68. The third-order valence-corrected chi connectivity index (χ3v) is 8.25. The quantitative estimate of drug-likeness (QED) is 0.681. The monoisotopic (exact) mass is 430 g/mol. The number of hydrogen-bond acceptors (Lipinski definition) is 5. The average Bonchev–Trinajstić information content (AvgIpc) is 2.85. The minimum absolute atomic E-state index is 0.241. The molecule has 0 aromatic heterocycles. The molecule has 0 radical (unpaired) electrons. The molecule has 1 saturated heterocycles. The van der Waals surface area contributed by atoms with Gasteiger partial charge in [0.1, 0.15) is 17.3 Å². The lowest BCUT2D eigenvalue weighted by Gasteiger charge is -2.29. The minimum Gasteiger partial charge on any atom is -0.490 e. The molecule has 0 saturated carbocycles. The highest BCUT2D eigenvalue weighted by atomic mass is 32.2. The summed E-state index contributed by atoms with van der Waals surface area (Å²) in [6.07, 6.45) is 2.23. The van der Waals surface area contributed by atoms with Crippen LogP contribution in [0.25, 0.3) is 0 Å². The maximum Gasteiger partial charge on any atom is 0.247 e. The number of sulfonamides is 1. The Labute approximate surface area is 177 Å². The smallest absolute Gasteiger partial charge is 0.247 e. The van der Waals surface area contributed by atoms with Gasteiger partial charge in [-0.05, 0) is 24.1 Å². The molecule has 0 N–H and O–H groups in total. The third kappa shape index (κ3) is 4.32. The molecule has 7 heteroatoms. The van der Waals surface area contributed by atoms with Gasteiger partial charge in [-0.2, -0.15) is 16.1 Å². The van der Waals surface area contributed by atoms with E-state index in [0.29, 0.717) is 18.8 Å². The molecule has 2 aliphatic heterocycles. The average molecular weight is 431 g/mol. The van der Waals surface area contributed by atoms with Crippen LogP contribution in [0.1, 0.15) is 5.56 Å². The number of benzene rings is 2. The molecule has 2 aliphatic rings. The summed E-state index contributed by atoms with van der Waals surface area (Å²) in [6, 6.07) is 15.1. The van der Waals surface area contributed by atoms with Gasteiger partial charge in [0, 0.05) is 42.9 Å². The van der Waals surface area contributed by atoms with Gasteiger partial charge in [-0.15, -0.1) is 6.58 Å². The summed E-state index contributed by atoms with van der Waals surface area (Å²) in [4.78, 5) is 2.53. The van der Waals surface area contributed by atoms with E-state index in [2.05, 4.69) is 11.5 Å². The van der Waals surface area contributed by atoms with E-state index in [4.69, 9.17) is 4.74 Å². The second kappa shape index (κ2) is 8.81. The highest BCUT2D eigenvalue weighted by Gasteiger charge is 2.36.